The van der Waals surface area contributed by atoms with E-state index in [1.165, 1.54) is 5.56 Å². The molecule has 0 aliphatic rings. The van der Waals surface area contributed by atoms with Gasteiger partial charge in [-0.1, -0.05) is 30.1 Å². The van der Waals surface area contributed by atoms with Gasteiger partial charge in [0.05, 0.1) is 6.04 Å². The Morgan fingerprint density at radius 1 is 1.20 bits per heavy atom. The van der Waals surface area contributed by atoms with E-state index in [9.17, 15) is 0 Å². The average molecular weight is 309 g/mol. The highest BCUT2D eigenvalue weighted by molar-refractivity contribution is 6.34. The van der Waals surface area contributed by atoms with Crippen LogP contribution in [0.25, 0.3) is 0 Å². The molecule has 0 saturated carbocycles. The first-order chi connectivity index (χ1) is 9.61. The molecule has 0 amide bonds. The van der Waals surface area contributed by atoms with Gasteiger partial charge >= 0.3 is 0 Å². The zero-order valence-corrected chi connectivity index (χ0v) is 13.2. The number of hydrogen-bond donors (Lipinski definition) is 1. The fourth-order valence-corrected chi connectivity index (χ4v) is 2.76. The molecule has 0 saturated heterocycles. The Balaban J connectivity index is 2.44. The van der Waals surface area contributed by atoms with Crippen molar-refractivity contribution in [2.24, 2.45) is 0 Å². The van der Waals surface area contributed by atoms with Crippen LogP contribution in [0, 0.1) is 6.92 Å². The summed E-state index contributed by atoms with van der Waals surface area (Å²) in [7, 11) is 0. The normalized spacial score (nSPS) is 12.4. The molecule has 0 radical (unpaired) electrons. The third-order valence-electron chi connectivity index (χ3n) is 3.21. The fourth-order valence-electron chi connectivity index (χ4n) is 2.22. The maximum absolute atomic E-state index is 6.13. The summed E-state index contributed by atoms with van der Waals surface area (Å²) >= 11 is 12.3. The van der Waals surface area contributed by atoms with Gasteiger partial charge in [-0.2, -0.15) is 0 Å². The smallest absolute Gasteiger partial charge is 0.0595 e. The van der Waals surface area contributed by atoms with Gasteiger partial charge in [0.1, 0.15) is 0 Å². The van der Waals surface area contributed by atoms with Gasteiger partial charge in [0.2, 0.25) is 0 Å². The second-order valence-corrected chi connectivity index (χ2v) is 5.70. The number of rotatable bonds is 5. The summed E-state index contributed by atoms with van der Waals surface area (Å²) in [6, 6.07) is 7.72. The summed E-state index contributed by atoms with van der Waals surface area (Å²) in [4.78, 5) is 4.24. The van der Waals surface area contributed by atoms with Crippen molar-refractivity contribution in [2.45, 2.75) is 26.3 Å². The molecule has 0 bridgehead atoms. The number of aryl methyl sites for hydroxylation is 1. The average Bonchev–Trinajstić information content (AvgIpc) is 2.40. The number of nitrogens with zero attached hydrogens (tertiary/aromatic N) is 1. The Morgan fingerprint density at radius 3 is 2.50 bits per heavy atom. The second-order valence-electron chi connectivity index (χ2n) is 4.82. The Hall–Kier alpha value is -1.09. The Bertz CT molecular complexity index is 564. The fraction of sp³-hybridized carbons (Fsp3) is 0.312. The van der Waals surface area contributed by atoms with Crippen LogP contribution in [0.1, 0.15) is 36.1 Å². The van der Waals surface area contributed by atoms with Gasteiger partial charge in [0, 0.05) is 22.4 Å². The molecule has 0 aliphatic carbocycles. The summed E-state index contributed by atoms with van der Waals surface area (Å²) in [5.41, 5.74) is 3.41. The van der Waals surface area contributed by atoms with Gasteiger partial charge < -0.3 is 5.32 Å². The highest BCUT2D eigenvalue weighted by atomic mass is 35.5. The highest BCUT2D eigenvalue weighted by Gasteiger charge is 2.16. The number of halogens is 2. The van der Waals surface area contributed by atoms with Crippen LogP contribution in [0.3, 0.4) is 0 Å². The molecule has 1 aromatic heterocycles. The molecule has 20 heavy (non-hydrogen) atoms. The summed E-state index contributed by atoms with van der Waals surface area (Å²) in [6.07, 6.45) is 4.77. The van der Waals surface area contributed by atoms with E-state index >= 15 is 0 Å². The molecule has 1 atom stereocenters. The first-order valence-corrected chi connectivity index (χ1v) is 7.47. The van der Waals surface area contributed by atoms with Crippen molar-refractivity contribution in [2.75, 3.05) is 6.54 Å². The Labute approximate surface area is 130 Å². The standard InChI is InChI=1S/C16H18Cl2N2/c1-3-5-20-16(15-10-19-6-4-11(15)2)12-7-13(17)9-14(18)8-12/h4,6-10,16,20H,3,5H2,1-2H3. The van der Waals surface area contributed by atoms with Crippen LogP contribution in [0.4, 0.5) is 0 Å². The number of hydrogen-bond acceptors (Lipinski definition) is 2. The molecular formula is C16H18Cl2N2. The van der Waals surface area contributed by atoms with Crippen LogP contribution in [0.2, 0.25) is 10.0 Å². The van der Waals surface area contributed by atoms with Gasteiger partial charge in [0.25, 0.3) is 0 Å². The molecule has 4 heteroatoms. The van der Waals surface area contributed by atoms with Crippen molar-refractivity contribution in [1.29, 1.82) is 0 Å². The maximum atomic E-state index is 6.13. The minimum atomic E-state index is 0.0554. The molecular weight excluding hydrogens is 291 g/mol. The Morgan fingerprint density at radius 2 is 1.90 bits per heavy atom. The van der Waals surface area contributed by atoms with E-state index in [2.05, 4.69) is 24.1 Å². The summed E-state index contributed by atoms with van der Waals surface area (Å²) in [6.45, 7) is 5.15. The lowest BCUT2D eigenvalue weighted by atomic mass is 9.96. The van der Waals surface area contributed by atoms with E-state index < -0.39 is 0 Å². The van der Waals surface area contributed by atoms with Gasteiger partial charge in [-0.25, -0.2) is 0 Å². The molecule has 2 aromatic rings. The molecule has 2 rings (SSSR count). The minimum Gasteiger partial charge on any atom is -0.306 e. The van der Waals surface area contributed by atoms with Crippen LogP contribution in [-0.2, 0) is 0 Å². The molecule has 1 N–H and O–H groups in total. The van der Waals surface area contributed by atoms with Crippen molar-refractivity contribution >= 4 is 23.2 Å². The topological polar surface area (TPSA) is 24.9 Å². The van der Waals surface area contributed by atoms with E-state index in [0.717, 1.165) is 24.1 Å². The molecule has 0 aliphatic heterocycles. The van der Waals surface area contributed by atoms with E-state index in [-0.39, 0.29) is 6.04 Å². The molecule has 1 aromatic carbocycles. The molecule has 2 nitrogen and oxygen atoms in total. The summed E-state index contributed by atoms with van der Waals surface area (Å²) < 4.78 is 0. The molecule has 1 heterocycles. The van der Waals surface area contributed by atoms with Crippen LogP contribution >= 0.6 is 23.2 Å². The monoisotopic (exact) mass is 308 g/mol. The van der Waals surface area contributed by atoms with Crippen LogP contribution < -0.4 is 5.32 Å². The van der Waals surface area contributed by atoms with Gasteiger partial charge in [0.15, 0.2) is 0 Å². The van der Waals surface area contributed by atoms with Crippen molar-refractivity contribution in [1.82, 2.24) is 10.3 Å². The lowest BCUT2D eigenvalue weighted by molar-refractivity contribution is 0.594. The number of benzene rings is 1. The summed E-state index contributed by atoms with van der Waals surface area (Å²) in [5, 5.41) is 4.84. The predicted octanol–water partition coefficient (Wildman–Crippen LogP) is 4.79. The molecule has 0 fully saturated rings. The van der Waals surface area contributed by atoms with Crippen molar-refractivity contribution in [3.05, 3.63) is 63.4 Å². The third kappa shape index (κ3) is 3.72. The van der Waals surface area contributed by atoms with Crippen molar-refractivity contribution in [3.8, 4) is 0 Å². The first-order valence-electron chi connectivity index (χ1n) is 6.71. The SMILES string of the molecule is CCCNC(c1cc(Cl)cc(Cl)c1)c1cnccc1C. The second kappa shape index (κ2) is 7.07. The van der Waals surface area contributed by atoms with Crippen molar-refractivity contribution < 1.29 is 0 Å². The summed E-state index contributed by atoms with van der Waals surface area (Å²) in [5.74, 6) is 0. The minimum absolute atomic E-state index is 0.0554. The largest absolute Gasteiger partial charge is 0.306 e. The van der Waals surface area contributed by atoms with E-state index in [0.29, 0.717) is 10.0 Å². The molecule has 106 valence electrons. The van der Waals surface area contributed by atoms with E-state index in [4.69, 9.17) is 23.2 Å². The molecule has 0 spiro atoms. The lowest BCUT2D eigenvalue weighted by Crippen LogP contribution is -2.24. The predicted molar refractivity (Wildman–Crippen MR) is 85.6 cm³/mol. The molecule has 1 unspecified atom stereocenters. The van der Waals surface area contributed by atoms with Crippen LogP contribution in [-0.4, -0.2) is 11.5 Å². The number of nitrogens with one attached hydrogen (secondary N) is 1. The van der Waals surface area contributed by atoms with Crippen molar-refractivity contribution in [3.63, 3.8) is 0 Å². The third-order valence-corrected chi connectivity index (χ3v) is 3.64. The van der Waals surface area contributed by atoms with E-state index in [1.54, 1.807) is 12.3 Å². The number of aromatic nitrogens is 1. The zero-order chi connectivity index (χ0) is 14.5. The first kappa shape index (κ1) is 15.3. The van der Waals surface area contributed by atoms with Crippen LogP contribution in [0.15, 0.2) is 36.7 Å². The number of pyridine rings is 1. The Kier molecular flexibility index (Phi) is 5.41. The maximum Gasteiger partial charge on any atom is 0.0595 e. The quantitative estimate of drug-likeness (QED) is 0.859. The van der Waals surface area contributed by atoms with Gasteiger partial charge in [-0.05, 0) is 60.8 Å². The zero-order valence-electron chi connectivity index (χ0n) is 11.7. The van der Waals surface area contributed by atoms with Gasteiger partial charge in [-0.3, -0.25) is 4.98 Å². The highest BCUT2D eigenvalue weighted by Crippen LogP contribution is 2.29. The van der Waals surface area contributed by atoms with Gasteiger partial charge in [-0.15, -0.1) is 0 Å². The van der Waals surface area contributed by atoms with Crippen LogP contribution in [0.5, 0.6) is 0 Å². The lowest BCUT2D eigenvalue weighted by Gasteiger charge is -2.21. The van der Waals surface area contributed by atoms with E-state index in [1.807, 2.05) is 24.4 Å².